The molecule has 22 heavy (non-hydrogen) atoms. The molecule has 1 aromatic rings. The lowest BCUT2D eigenvalue weighted by Crippen LogP contribution is -2.40. The quantitative estimate of drug-likeness (QED) is 0.682. The number of carbonyl (C=O) groups is 1. The summed E-state index contributed by atoms with van der Waals surface area (Å²) in [6.07, 6.45) is 0. The Balaban J connectivity index is 2.63. The average Bonchev–Trinajstić information content (AvgIpc) is 2.72. The van der Waals surface area contributed by atoms with Crippen LogP contribution in [0, 0.1) is 13.8 Å². The van der Waals surface area contributed by atoms with Gasteiger partial charge in [-0.3, -0.25) is 9.89 Å². The minimum atomic E-state index is -3.62. The number of sulfonamides is 1. The molecule has 0 radical (unpaired) electrons. The first-order valence-electron chi connectivity index (χ1n) is 7.06. The van der Waals surface area contributed by atoms with Crippen molar-refractivity contribution < 1.29 is 13.2 Å². The molecule has 1 heterocycles. The number of nitrogens with zero attached hydrogens (tertiary/aromatic N) is 3. The Hall–Kier alpha value is -1.45. The van der Waals surface area contributed by atoms with Crippen LogP contribution in [0.25, 0.3) is 0 Å². The first kappa shape index (κ1) is 18.6. The van der Waals surface area contributed by atoms with Gasteiger partial charge in [-0.15, -0.1) is 0 Å². The maximum atomic E-state index is 12.3. The van der Waals surface area contributed by atoms with Crippen LogP contribution in [0.3, 0.4) is 0 Å². The number of nitrogens with one attached hydrogen (secondary N) is 2. The maximum Gasteiger partial charge on any atom is 0.244 e. The normalized spacial score (nSPS) is 11.9. The van der Waals surface area contributed by atoms with Crippen LogP contribution < -0.4 is 4.72 Å². The summed E-state index contributed by atoms with van der Waals surface area (Å²) in [7, 11) is 0.221. The van der Waals surface area contributed by atoms with Crippen LogP contribution in [-0.2, 0) is 14.8 Å². The SMILES string of the molecule is CC(=O)N(CCNS(=O)(=O)c1c(C)n[nH]c1C)CCN(C)C. The van der Waals surface area contributed by atoms with Gasteiger partial charge in [0.2, 0.25) is 15.9 Å². The highest BCUT2D eigenvalue weighted by Gasteiger charge is 2.22. The Kier molecular flexibility index (Phi) is 6.51. The third-order valence-electron chi connectivity index (χ3n) is 3.27. The summed E-state index contributed by atoms with van der Waals surface area (Å²) in [4.78, 5) is 15.3. The van der Waals surface area contributed by atoms with E-state index in [9.17, 15) is 13.2 Å². The number of hydrogen-bond acceptors (Lipinski definition) is 5. The van der Waals surface area contributed by atoms with E-state index in [-0.39, 0.29) is 17.3 Å². The topological polar surface area (TPSA) is 98.4 Å². The van der Waals surface area contributed by atoms with Crippen molar-refractivity contribution in [2.45, 2.75) is 25.7 Å². The largest absolute Gasteiger partial charge is 0.340 e. The zero-order chi connectivity index (χ0) is 16.9. The van der Waals surface area contributed by atoms with E-state index in [0.29, 0.717) is 24.5 Å². The Morgan fingerprint density at radius 3 is 2.32 bits per heavy atom. The number of aromatic amines is 1. The number of H-pyrrole nitrogens is 1. The van der Waals surface area contributed by atoms with Crippen LogP contribution in [-0.4, -0.2) is 74.6 Å². The van der Waals surface area contributed by atoms with Gasteiger partial charge in [0.25, 0.3) is 0 Å². The number of aryl methyl sites for hydroxylation is 2. The summed E-state index contributed by atoms with van der Waals surface area (Å²) >= 11 is 0. The second-order valence-electron chi connectivity index (χ2n) is 5.47. The van der Waals surface area contributed by atoms with Crippen molar-refractivity contribution in [2.75, 3.05) is 40.3 Å². The highest BCUT2D eigenvalue weighted by Crippen LogP contribution is 2.15. The molecule has 0 atom stereocenters. The molecule has 0 spiro atoms. The second kappa shape index (κ2) is 7.70. The molecule has 9 heteroatoms. The van der Waals surface area contributed by atoms with Gasteiger partial charge in [0.05, 0.1) is 11.4 Å². The first-order chi connectivity index (χ1) is 10.1. The molecule has 2 N–H and O–H groups in total. The Labute approximate surface area is 131 Å². The van der Waals surface area contributed by atoms with Crippen LogP contribution in [0.5, 0.6) is 0 Å². The number of hydrogen-bond donors (Lipinski definition) is 2. The second-order valence-corrected chi connectivity index (χ2v) is 7.17. The fourth-order valence-corrected chi connectivity index (χ4v) is 3.46. The summed E-state index contributed by atoms with van der Waals surface area (Å²) < 4.78 is 27.1. The summed E-state index contributed by atoms with van der Waals surface area (Å²) in [5.74, 6) is -0.0725. The van der Waals surface area contributed by atoms with Gasteiger partial charge in [-0.2, -0.15) is 5.10 Å². The van der Waals surface area contributed by atoms with Crippen LogP contribution in [0.2, 0.25) is 0 Å². The van der Waals surface area contributed by atoms with Crippen LogP contribution in [0.15, 0.2) is 4.90 Å². The molecular formula is C13H25N5O3S. The van der Waals surface area contributed by atoms with Gasteiger partial charge in [0.1, 0.15) is 4.90 Å². The van der Waals surface area contributed by atoms with Crippen LogP contribution in [0.1, 0.15) is 18.3 Å². The van der Waals surface area contributed by atoms with Gasteiger partial charge in [-0.05, 0) is 27.9 Å². The zero-order valence-corrected chi connectivity index (χ0v) is 14.6. The van der Waals surface area contributed by atoms with Crippen molar-refractivity contribution in [3.8, 4) is 0 Å². The molecule has 0 aliphatic carbocycles. The van der Waals surface area contributed by atoms with E-state index in [2.05, 4.69) is 14.9 Å². The fraction of sp³-hybridized carbons (Fsp3) is 0.692. The van der Waals surface area contributed by atoms with Crippen molar-refractivity contribution >= 4 is 15.9 Å². The van der Waals surface area contributed by atoms with Crippen LogP contribution >= 0.6 is 0 Å². The highest BCUT2D eigenvalue weighted by atomic mass is 32.2. The Morgan fingerprint density at radius 1 is 1.23 bits per heavy atom. The van der Waals surface area contributed by atoms with Crippen molar-refractivity contribution in [1.29, 1.82) is 0 Å². The molecule has 0 bridgehead atoms. The molecule has 1 amide bonds. The smallest absolute Gasteiger partial charge is 0.244 e. The Bertz CT molecular complexity index is 590. The lowest BCUT2D eigenvalue weighted by Gasteiger charge is -2.23. The monoisotopic (exact) mass is 331 g/mol. The minimum Gasteiger partial charge on any atom is -0.340 e. The number of likely N-dealkylation sites (N-methyl/N-ethyl adjacent to an activating group) is 1. The van der Waals surface area contributed by atoms with Gasteiger partial charge < -0.3 is 9.80 Å². The predicted molar refractivity (Wildman–Crippen MR) is 84.1 cm³/mol. The third-order valence-corrected chi connectivity index (χ3v) is 4.99. The summed E-state index contributed by atoms with van der Waals surface area (Å²) in [5, 5.41) is 6.54. The van der Waals surface area contributed by atoms with Gasteiger partial charge in [0.15, 0.2) is 0 Å². The van der Waals surface area contributed by atoms with Gasteiger partial charge >= 0.3 is 0 Å². The molecule has 0 aliphatic heterocycles. The van der Waals surface area contributed by atoms with Crippen molar-refractivity contribution in [3.63, 3.8) is 0 Å². The Morgan fingerprint density at radius 2 is 1.86 bits per heavy atom. The molecule has 0 fully saturated rings. The molecule has 0 aromatic carbocycles. The molecule has 0 aliphatic rings. The number of amides is 1. The molecule has 1 aromatic heterocycles. The molecule has 126 valence electrons. The van der Waals surface area contributed by atoms with Gasteiger partial charge in [-0.25, -0.2) is 13.1 Å². The fourth-order valence-electron chi connectivity index (χ4n) is 2.07. The molecule has 0 saturated carbocycles. The van der Waals surface area contributed by atoms with Crippen molar-refractivity contribution in [2.24, 2.45) is 0 Å². The van der Waals surface area contributed by atoms with Gasteiger partial charge in [-0.1, -0.05) is 0 Å². The van der Waals surface area contributed by atoms with E-state index in [4.69, 9.17) is 0 Å². The van der Waals surface area contributed by atoms with Gasteiger partial charge in [0, 0.05) is 33.1 Å². The van der Waals surface area contributed by atoms with E-state index >= 15 is 0 Å². The van der Waals surface area contributed by atoms with E-state index in [0.717, 1.165) is 6.54 Å². The van der Waals surface area contributed by atoms with Crippen molar-refractivity contribution in [1.82, 2.24) is 24.7 Å². The lowest BCUT2D eigenvalue weighted by molar-refractivity contribution is -0.128. The minimum absolute atomic E-state index is 0.0725. The summed E-state index contributed by atoms with van der Waals surface area (Å²) in [5.41, 5.74) is 0.932. The molecular weight excluding hydrogens is 306 g/mol. The number of aromatic nitrogens is 2. The first-order valence-corrected chi connectivity index (χ1v) is 8.55. The molecule has 8 nitrogen and oxygen atoms in total. The third kappa shape index (κ3) is 5.08. The number of carbonyl (C=O) groups excluding carboxylic acids is 1. The molecule has 0 unspecified atom stereocenters. The van der Waals surface area contributed by atoms with E-state index in [1.54, 1.807) is 18.7 Å². The van der Waals surface area contributed by atoms with E-state index in [1.807, 2.05) is 19.0 Å². The standard InChI is InChI=1S/C13H25N5O3S/c1-10-13(11(2)16-15-10)22(20,21)14-6-7-18(12(3)19)9-8-17(4)5/h14H,6-9H2,1-5H3,(H,15,16). The number of rotatable bonds is 8. The van der Waals surface area contributed by atoms with E-state index in [1.165, 1.54) is 6.92 Å². The molecule has 1 rings (SSSR count). The zero-order valence-electron chi connectivity index (χ0n) is 13.8. The molecule has 0 saturated heterocycles. The summed E-state index contributed by atoms with van der Waals surface area (Å²) in [6.45, 7) is 6.57. The average molecular weight is 331 g/mol. The summed E-state index contributed by atoms with van der Waals surface area (Å²) in [6, 6.07) is 0. The van der Waals surface area contributed by atoms with Crippen LogP contribution in [0.4, 0.5) is 0 Å². The highest BCUT2D eigenvalue weighted by molar-refractivity contribution is 7.89. The van der Waals surface area contributed by atoms with Crippen molar-refractivity contribution in [3.05, 3.63) is 11.4 Å². The predicted octanol–water partition coefficient (Wildman–Crippen LogP) is -0.285. The van der Waals surface area contributed by atoms with E-state index < -0.39 is 10.0 Å². The maximum absolute atomic E-state index is 12.3. The lowest BCUT2D eigenvalue weighted by atomic mass is 10.4.